The normalized spacial score (nSPS) is 22.1. The zero-order valence-electron chi connectivity index (χ0n) is 31.1. The van der Waals surface area contributed by atoms with Gasteiger partial charge in [-0.15, -0.1) is 0 Å². The maximum Gasteiger partial charge on any atom is 0.263 e. The number of benzene rings is 2. The number of hydrogen-bond donors (Lipinski definition) is 2. The molecule has 6 heterocycles. The van der Waals surface area contributed by atoms with Crippen molar-refractivity contribution < 1.29 is 38.1 Å². The van der Waals surface area contributed by atoms with Gasteiger partial charge in [-0.05, 0) is 12.1 Å². The minimum atomic E-state index is -0.422. The molecule has 0 atom stereocenters. The predicted molar refractivity (Wildman–Crippen MR) is 201 cm³/mol. The van der Waals surface area contributed by atoms with Crippen molar-refractivity contribution in [1.29, 1.82) is 0 Å². The molecule has 0 saturated carbocycles. The number of ether oxygens (including phenoxy) is 4. The molecule has 292 valence electrons. The third kappa shape index (κ3) is 7.71. The van der Waals surface area contributed by atoms with E-state index in [2.05, 4.69) is 30.2 Å². The molecule has 0 bridgehead atoms. The second-order valence-corrected chi connectivity index (χ2v) is 14.6. The molecule has 4 amide bonds. The smallest absolute Gasteiger partial charge is 0.263 e. The number of carbonyl (C=O) groups excluding carboxylic acids is 4. The van der Waals surface area contributed by atoms with Crippen LogP contribution in [-0.4, -0.2) is 211 Å². The molecule has 8 rings (SSSR count). The number of nitrogens with one attached hydrogen (secondary N) is 2. The van der Waals surface area contributed by atoms with Gasteiger partial charge in [0.15, 0.2) is 0 Å². The minimum Gasteiger partial charge on any atom is -0.383 e. The Labute approximate surface area is 315 Å². The number of anilines is 2. The van der Waals surface area contributed by atoms with Crippen molar-refractivity contribution in [3.05, 3.63) is 34.4 Å². The summed E-state index contributed by atoms with van der Waals surface area (Å²) in [6.07, 6.45) is 0. The van der Waals surface area contributed by atoms with Gasteiger partial charge in [0.05, 0.1) is 75.1 Å². The van der Waals surface area contributed by atoms with Gasteiger partial charge in [0.25, 0.3) is 23.6 Å². The lowest BCUT2D eigenvalue weighted by molar-refractivity contribution is 0.0309. The van der Waals surface area contributed by atoms with Crippen LogP contribution in [0, 0.1) is 0 Å². The lowest BCUT2D eigenvalue weighted by atomic mass is 9.83. The Balaban J connectivity index is 1.18. The van der Waals surface area contributed by atoms with E-state index >= 15 is 0 Å². The molecule has 0 aromatic heterocycles. The fourth-order valence-corrected chi connectivity index (χ4v) is 8.33. The number of morpholine rings is 4. The van der Waals surface area contributed by atoms with Crippen molar-refractivity contribution in [1.82, 2.24) is 29.4 Å². The number of nitrogens with zero attached hydrogens (tertiary/aromatic N) is 6. The summed E-state index contributed by atoms with van der Waals surface area (Å²) in [5.41, 5.74) is 2.29. The van der Waals surface area contributed by atoms with Crippen LogP contribution in [0.2, 0.25) is 0 Å². The maximum atomic E-state index is 14.6. The molecule has 0 spiro atoms. The largest absolute Gasteiger partial charge is 0.383 e. The summed E-state index contributed by atoms with van der Waals surface area (Å²) in [5, 5.41) is 7.74. The Morgan fingerprint density at radius 3 is 1.07 bits per heavy atom. The van der Waals surface area contributed by atoms with Crippen molar-refractivity contribution in [3.63, 3.8) is 0 Å². The first-order valence-electron chi connectivity index (χ1n) is 19.6. The highest BCUT2D eigenvalue weighted by Gasteiger charge is 2.43. The second-order valence-electron chi connectivity index (χ2n) is 14.6. The molecule has 4 saturated heterocycles. The lowest BCUT2D eigenvalue weighted by Crippen LogP contribution is -2.48. The summed E-state index contributed by atoms with van der Waals surface area (Å²) >= 11 is 0. The van der Waals surface area contributed by atoms with Crippen LogP contribution in [0.4, 0.5) is 11.4 Å². The fourth-order valence-electron chi connectivity index (χ4n) is 8.33. The van der Waals surface area contributed by atoms with Gasteiger partial charge in [0, 0.05) is 127 Å². The quantitative estimate of drug-likeness (QED) is 0.253. The second kappa shape index (κ2) is 17.0. The third-order valence-electron chi connectivity index (χ3n) is 11.5. The molecule has 16 nitrogen and oxygen atoms in total. The zero-order valence-corrected chi connectivity index (χ0v) is 31.1. The van der Waals surface area contributed by atoms with Gasteiger partial charge in [-0.3, -0.25) is 48.6 Å². The van der Waals surface area contributed by atoms with Crippen molar-refractivity contribution in [3.8, 4) is 0 Å². The van der Waals surface area contributed by atoms with E-state index in [1.54, 1.807) is 12.1 Å². The van der Waals surface area contributed by atoms with E-state index < -0.39 is 23.6 Å². The summed E-state index contributed by atoms with van der Waals surface area (Å²) in [4.78, 5) is 69.9. The van der Waals surface area contributed by atoms with Gasteiger partial charge in [-0.2, -0.15) is 0 Å². The molecule has 4 fully saturated rings. The first-order chi connectivity index (χ1) is 26.5. The highest BCUT2D eigenvalue weighted by atomic mass is 16.5. The number of rotatable bonds is 14. The molecule has 2 N–H and O–H groups in total. The van der Waals surface area contributed by atoms with E-state index in [0.29, 0.717) is 137 Å². The molecule has 54 heavy (non-hydrogen) atoms. The highest BCUT2D eigenvalue weighted by Crippen LogP contribution is 2.44. The van der Waals surface area contributed by atoms with Crippen molar-refractivity contribution in [2.45, 2.75) is 0 Å². The monoisotopic (exact) mass is 748 g/mol. The lowest BCUT2D eigenvalue weighted by Gasteiger charge is -2.36. The van der Waals surface area contributed by atoms with Gasteiger partial charge in [0.2, 0.25) is 0 Å². The molecule has 6 aliphatic rings. The highest BCUT2D eigenvalue weighted by molar-refractivity contribution is 6.36. The number of amides is 4. The first-order valence-corrected chi connectivity index (χ1v) is 19.6. The summed E-state index contributed by atoms with van der Waals surface area (Å²) in [5.74, 6) is -1.69. The summed E-state index contributed by atoms with van der Waals surface area (Å²) in [6, 6.07) is 3.48. The Bertz CT molecular complexity index is 1610. The van der Waals surface area contributed by atoms with Crippen LogP contribution in [0.25, 0.3) is 10.8 Å². The predicted octanol–water partition coefficient (Wildman–Crippen LogP) is 0.184. The number of hydrogen-bond acceptors (Lipinski definition) is 14. The molecule has 2 aromatic rings. The molecular formula is C38H52N8O8. The van der Waals surface area contributed by atoms with Crippen molar-refractivity contribution in [2.75, 3.05) is 168 Å². The third-order valence-corrected chi connectivity index (χ3v) is 11.5. The summed E-state index contributed by atoms with van der Waals surface area (Å²) in [6.45, 7) is 15.2. The van der Waals surface area contributed by atoms with Gasteiger partial charge >= 0.3 is 0 Å². The Morgan fingerprint density at radius 2 is 0.741 bits per heavy atom. The fraction of sp³-hybridized carbons (Fsp3) is 0.632. The van der Waals surface area contributed by atoms with Crippen LogP contribution >= 0.6 is 0 Å². The van der Waals surface area contributed by atoms with Crippen LogP contribution in [-0.2, 0) is 18.9 Å². The van der Waals surface area contributed by atoms with Crippen molar-refractivity contribution in [2.24, 2.45) is 0 Å². The SMILES string of the molecule is O=C1c2cc(NCCN3CCOCC3)c3c4c(cc(NCCN5CCOCC5)c(c24)C(=O)N1CCN1CCOCC1)C(=O)N(CCN1CCOCC1)C3=O. The Kier molecular flexibility index (Phi) is 11.7. The van der Waals surface area contributed by atoms with E-state index in [4.69, 9.17) is 18.9 Å². The van der Waals surface area contributed by atoms with Crippen LogP contribution < -0.4 is 10.6 Å². The van der Waals surface area contributed by atoms with E-state index in [1.807, 2.05) is 0 Å². The Hall–Kier alpha value is -3.74. The van der Waals surface area contributed by atoms with Crippen LogP contribution in [0.3, 0.4) is 0 Å². The molecule has 0 unspecified atom stereocenters. The molecule has 2 aromatic carbocycles. The van der Waals surface area contributed by atoms with Gasteiger partial charge in [-0.25, -0.2) is 0 Å². The van der Waals surface area contributed by atoms with Crippen LogP contribution in [0.15, 0.2) is 12.1 Å². The van der Waals surface area contributed by atoms with Crippen molar-refractivity contribution >= 4 is 45.8 Å². The first kappa shape index (κ1) is 37.2. The maximum absolute atomic E-state index is 14.6. The van der Waals surface area contributed by atoms with Gasteiger partial charge in [-0.1, -0.05) is 0 Å². The summed E-state index contributed by atoms with van der Waals surface area (Å²) < 4.78 is 22.1. The van der Waals surface area contributed by atoms with E-state index in [-0.39, 0.29) is 13.1 Å². The molecule has 16 heteroatoms. The molecule has 0 radical (unpaired) electrons. The molecule has 0 aliphatic carbocycles. The summed E-state index contributed by atoms with van der Waals surface area (Å²) in [7, 11) is 0. The van der Waals surface area contributed by atoms with E-state index in [0.717, 1.165) is 52.4 Å². The average molecular weight is 749 g/mol. The number of imide groups is 2. The van der Waals surface area contributed by atoms with Crippen LogP contribution in [0.1, 0.15) is 41.4 Å². The minimum absolute atomic E-state index is 0.211. The Morgan fingerprint density at radius 1 is 0.426 bits per heavy atom. The van der Waals surface area contributed by atoms with E-state index in [9.17, 15) is 19.2 Å². The number of carbonyl (C=O) groups is 4. The average Bonchev–Trinajstić information content (AvgIpc) is 3.21. The van der Waals surface area contributed by atoms with Gasteiger partial charge in [0.1, 0.15) is 0 Å². The molecule has 6 aliphatic heterocycles. The topological polar surface area (TPSA) is 149 Å². The standard InChI is InChI=1S/C38H52N8O8/c47-35-27-25-29(39-1-3-41-9-17-51-18-10-41)33-31-28(36(48)45(37(33)49)7-5-43-13-21-53-22-14-43)26-30(40-2-4-42-11-19-52-20-12-42)34(32(27)31)38(50)46(35)8-6-44-15-23-54-24-16-44/h25-26,39-40H,1-24H2. The zero-order chi connectivity index (χ0) is 37.0. The van der Waals surface area contributed by atoms with E-state index in [1.165, 1.54) is 9.80 Å². The molecular weight excluding hydrogens is 696 g/mol. The van der Waals surface area contributed by atoms with Crippen LogP contribution in [0.5, 0.6) is 0 Å². The van der Waals surface area contributed by atoms with Gasteiger partial charge < -0.3 is 29.6 Å².